The topological polar surface area (TPSA) is 101 Å². The van der Waals surface area contributed by atoms with E-state index in [9.17, 15) is 9.59 Å². The predicted octanol–water partition coefficient (Wildman–Crippen LogP) is 1.89. The zero-order chi connectivity index (χ0) is 19.2. The van der Waals surface area contributed by atoms with E-state index in [0.29, 0.717) is 36.2 Å². The van der Waals surface area contributed by atoms with Gasteiger partial charge in [0, 0.05) is 24.8 Å². The molecule has 2 heterocycles. The minimum atomic E-state index is -0.545. The largest absolute Gasteiger partial charge is 0.369 e. The number of anilines is 1. The van der Waals surface area contributed by atoms with Crippen LogP contribution in [0.1, 0.15) is 39.4 Å². The molecular weight excluding hydrogens is 342 g/mol. The van der Waals surface area contributed by atoms with Gasteiger partial charge in [0.05, 0.1) is 12.1 Å². The summed E-state index contributed by atoms with van der Waals surface area (Å²) in [5, 5.41) is 3.25. The second-order valence-electron chi connectivity index (χ2n) is 6.96. The number of primary amides is 1. The summed E-state index contributed by atoms with van der Waals surface area (Å²) < 4.78 is 0. The SMILES string of the molecule is Cc1ncc(C(N)=O)c(NCC2CCCN(CC(=O)c3ccccc3)C2)n1. The van der Waals surface area contributed by atoms with Gasteiger partial charge in [-0.05, 0) is 32.2 Å². The van der Waals surface area contributed by atoms with Crippen LogP contribution in [0.25, 0.3) is 0 Å². The molecule has 7 nitrogen and oxygen atoms in total. The highest BCUT2D eigenvalue weighted by Gasteiger charge is 2.22. The van der Waals surface area contributed by atoms with Crippen molar-refractivity contribution in [3.63, 3.8) is 0 Å². The molecule has 3 rings (SSSR count). The number of ketones is 1. The van der Waals surface area contributed by atoms with Gasteiger partial charge in [-0.15, -0.1) is 0 Å². The maximum absolute atomic E-state index is 12.4. The van der Waals surface area contributed by atoms with Crippen LogP contribution in [0.15, 0.2) is 36.5 Å². The Morgan fingerprint density at radius 1 is 1.30 bits per heavy atom. The fraction of sp³-hybridized carbons (Fsp3) is 0.400. The Hall–Kier alpha value is -2.80. The number of piperidine rings is 1. The average molecular weight is 367 g/mol. The van der Waals surface area contributed by atoms with Gasteiger partial charge in [-0.1, -0.05) is 30.3 Å². The Bertz CT molecular complexity index is 809. The van der Waals surface area contributed by atoms with Crippen LogP contribution in [0.2, 0.25) is 0 Å². The number of carbonyl (C=O) groups is 2. The number of nitrogens with zero attached hydrogens (tertiary/aromatic N) is 3. The third-order valence-electron chi connectivity index (χ3n) is 4.80. The summed E-state index contributed by atoms with van der Waals surface area (Å²) in [7, 11) is 0. The summed E-state index contributed by atoms with van der Waals surface area (Å²) in [6.07, 6.45) is 3.57. The zero-order valence-electron chi connectivity index (χ0n) is 15.5. The molecular formula is C20H25N5O2. The van der Waals surface area contributed by atoms with E-state index in [-0.39, 0.29) is 5.78 Å². The van der Waals surface area contributed by atoms with E-state index in [1.54, 1.807) is 6.92 Å². The number of aromatic nitrogens is 2. The highest BCUT2D eigenvalue weighted by atomic mass is 16.1. The first kappa shape index (κ1) is 19.0. The van der Waals surface area contributed by atoms with Crippen molar-refractivity contribution >= 4 is 17.5 Å². The van der Waals surface area contributed by atoms with Gasteiger partial charge in [0.2, 0.25) is 0 Å². The number of amides is 1. The van der Waals surface area contributed by atoms with Crippen molar-refractivity contribution in [1.82, 2.24) is 14.9 Å². The number of benzene rings is 1. The van der Waals surface area contributed by atoms with Gasteiger partial charge in [-0.3, -0.25) is 14.5 Å². The number of hydrogen-bond donors (Lipinski definition) is 2. The molecule has 1 unspecified atom stereocenters. The van der Waals surface area contributed by atoms with Crippen LogP contribution >= 0.6 is 0 Å². The lowest BCUT2D eigenvalue weighted by Crippen LogP contribution is -2.41. The first-order valence-corrected chi connectivity index (χ1v) is 9.21. The van der Waals surface area contributed by atoms with Crippen molar-refractivity contribution in [3.05, 3.63) is 53.5 Å². The lowest BCUT2D eigenvalue weighted by molar-refractivity contribution is 0.0890. The Morgan fingerprint density at radius 3 is 2.81 bits per heavy atom. The maximum atomic E-state index is 12.4. The van der Waals surface area contributed by atoms with Crippen LogP contribution < -0.4 is 11.1 Å². The predicted molar refractivity (Wildman–Crippen MR) is 104 cm³/mol. The molecule has 0 spiro atoms. The van der Waals surface area contributed by atoms with Gasteiger partial charge in [0.1, 0.15) is 11.6 Å². The number of nitrogens with one attached hydrogen (secondary N) is 1. The van der Waals surface area contributed by atoms with E-state index in [4.69, 9.17) is 5.73 Å². The van der Waals surface area contributed by atoms with Crippen molar-refractivity contribution in [1.29, 1.82) is 0 Å². The fourth-order valence-electron chi connectivity index (χ4n) is 3.41. The molecule has 0 saturated carbocycles. The van der Waals surface area contributed by atoms with Gasteiger partial charge in [-0.25, -0.2) is 9.97 Å². The number of Topliss-reactive ketones (excluding diaryl/α,β-unsaturated/α-hetero) is 1. The van der Waals surface area contributed by atoms with Crippen molar-refractivity contribution < 1.29 is 9.59 Å². The normalized spacial score (nSPS) is 17.4. The van der Waals surface area contributed by atoms with Crippen molar-refractivity contribution in [3.8, 4) is 0 Å². The minimum Gasteiger partial charge on any atom is -0.369 e. The molecule has 1 atom stereocenters. The first-order chi connectivity index (χ1) is 13.0. The van der Waals surface area contributed by atoms with Crippen molar-refractivity contribution in [2.45, 2.75) is 19.8 Å². The van der Waals surface area contributed by atoms with Crippen molar-refractivity contribution in [2.24, 2.45) is 11.7 Å². The fourth-order valence-corrected chi connectivity index (χ4v) is 3.41. The molecule has 3 N–H and O–H groups in total. The van der Waals surface area contributed by atoms with Crippen LogP contribution in [0.5, 0.6) is 0 Å². The van der Waals surface area contributed by atoms with E-state index in [1.807, 2.05) is 30.3 Å². The standard InChI is InChI=1S/C20H25N5O2/c1-14-22-11-17(19(21)27)20(24-14)23-10-15-6-5-9-25(12-15)13-18(26)16-7-3-2-4-8-16/h2-4,7-8,11,15H,5-6,9-10,12-13H2,1H3,(H2,21,27)(H,22,23,24). The monoisotopic (exact) mass is 367 g/mol. The van der Waals surface area contributed by atoms with Crippen LogP contribution in [-0.2, 0) is 0 Å². The Kier molecular flexibility index (Phi) is 6.13. The third kappa shape index (κ3) is 5.10. The molecule has 1 aromatic heterocycles. The van der Waals surface area contributed by atoms with E-state index in [0.717, 1.165) is 31.5 Å². The first-order valence-electron chi connectivity index (χ1n) is 9.21. The van der Waals surface area contributed by atoms with Crippen LogP contribution in [0.4, 0.5) is 5.82 Å². The van der Waals surface area contributed by atoms with Crippen LogP contribution in [0.3, 0.4) is 0 Å². The molecule has 27 heavy (non-hydrogen) atoms. The van der Waals surface area contributed by atoms with Gasteiger partial charge < -0.3 is 11.1 Å². The molecule has 0 aliphatic carbocycles. The molecule has 0 bridgehead atoms. The lowest BCUT2D eigenvalue weighted by atomic mass is 9.97. The summed E-state index contributed by atoms with van der Waals surface area (Å²) in [4.78, 5) is 34.5. The quantitative estimate of drug-likeness (QED) is 0.725. The summed E-state index contributed by atoms with van der Waals surface area (Å²) in [6, 6.07) is 9.39. The number of aryl methyl sites for hydroxylation is 1. The van der Waals surface area contributed by atoms with Crippen LogP contribution in [-0.4, -0.2) is 52.7 Å². The Morgan fingerprint density at radius 2 is 2.07 bits per heavy atom. The minimum absolute atomic E-state index is 0.145. The van der Waals surface area contributed by atoms with Crippen LogP contribution in [0, 0.1) is 12.8 Å². The van der Waals surface area contributed by atoms with Gasteiger partial charge >= 0.3 is 0 Å². The second kappa shape index (κ2) is 8.73. The lowest BCUT2D eigenvalue weighted by Gasteiger charge is -2.32. The molecule has 2 aromatic rings. The summed E-state index contributed by atoms with van der Waals surface area (Å²) in [5.41, 5.74) is 6.45. The van der Waals surface area contributed by atoms with E-state index in [1.165, 1.54) is 6.20 Å². The number of carbonyl (C=O) groups excluding carboxylic acids is 2. The maximum Gasteiger partial charge on any atom is 0.254 e. The summed E-state index contributed by atoms with van der Waals surface area (Å²) >= 11 is 0. The highest BCUT2D eigenvalue weighted by molar-refractivity contribution is 5.97. The van der Waals surface area contributed by atoms with Gasteiger partial charge in [-0.2, -0.15) is 0 Å². The van der Waals surface area contributed by atoms with E-state index < -0.39 is 5.91 Å². The molecule has 142 valence electrons. The molecule has 1 aliphatic heterocycles. The molecule has 1 amide bonds. The van der Waals surface area contributed by atoms with E-state index >= 15 is 0 Å². The number of likely N-dealkylation sites (tertiary alicyclic amines) is 1. The van der Waals surface area contributed by atoms with Gasteiger partial charge in [0.15, 0.2) is 5.78 Å². The molecule has 1 aromatic carbocycles. The zero-order valence-corrected chi connectivity index (χ0v) is 15.5. The number of nitrogens with two attached hydrogens (primary N) is 1. The molecule has 1 saturated heterocycles. The summed E-state index contributed by atoms with van der Waals surface area (Å²) in [6.45, 7) is 4.63. The third-order valence-corrected chi connectivity index (χ3v) is 4.80. The van der Waals surface area contributed by atoms with Gasteiger partial charge in [0.25, 0.3) is 5.91 Å². The van der Waals surface area contributed by atoms with E-state index in [2.05, 4.69) is 20.2 Å². The number of hydrogen-bond acceptors (Lipinski definition) is 6. The molecule has 0 radical (unpaired) electrons. The highest BCUT2D eigenvalue weighted by Crippen LogP contribution is 2.19. The van der Waals surface area contributed by atoms with Crippen molar-refractivity contribution in [2.75, 3.05) is 31.5 Å². The Labute approximate surface area is 159 Å². The second-order valence-corrected chi connectivity index (χ2v) is 6.96. The summed E-state index contributed by atoms with van der Waals surface area (Å²) in [5.74, 6) is 1.04. The molecule has 1 aliphatic rings. The number of rotatable bonds is 7. The average Bonchev–Trinajstić information content (AvgIpc) is 2.67. The molecule has 1 fully saturated rings. The Balaban J connectivity index is 1.57. The smallest absolute Gasteiger partial charge is 0.254 e. The molecule has 7 heteroatoms.